The second-order valence-corrected chi connectivity index (χ2v) is 3.22. The minimum Gasteiger partial charge on any atom is -0.492 e. The van der Waals surface area contributed by atoms with Crippen molar-refractivity contribution < 1.29 is 9.13 Å². The summed E-state index contributed by atoms with van der Waals surface area (Å²) in [5.74, 6) is -0.195. The van der Waals surface area contributed by atoms with Crippen LogP contribution >= 0.6 is 12.2 Å². The van der Waals surface area contributed by atoms with Gasteiger partial charge in [-0.2, -0.15) is 0 Å². The molecule has 0 spiro atoms. The summed E-state index contributed by atoms with van der Waals surface area (Å²) in [7, 11) is 1.43. The van der Waals surface area contributed by atoms with Crippen LogP contribution in [0.5, 0.6) is 5.75 Å². The quantitative estimate of drug-likeness (QED) is 0.780. The molecule has 4 heteroatoms. The molecule has 76 valence electrons. The lowest BCUT2D eigenvalue weighted by Gasteiger charge is -2.11. The van der Waals surface area contributed by atoms with Crippen molar-refractivity contribution in [2.75, 3.05) is 12.4 Å². The Morgan fingerprint density at radius 1 is 1.57 bits per heavy atom. The molecule has 0 fully saturated rings. The Balaban J connectivity index is 2.96. The molecule has 0 heterocycles. The van der Waals surface area contributed by atoms with E-state index >= 15 is 0 Å². The van der Waals surface area contributed by atoms with E-state index in [2.05, 4.69) is 5.32 Å². The smallest absolute Gasteiger partial charge is 0.177 e. The van der Waals surface area contributed by atoms with Crippen LogP contribution in [0.2, 0.25) is 0 Å². The average molecular weight is 213 g/mol. The van der Waals surface area contributed by atoms with E-state index in [4.69, 9.17) is 17.0 Å². The first-order valence-corrected chi connectivity index (χ1v) is 4.72. The molecule has 2 nitrogen and oxygen atoms in total. The number of hydrogen-bond donors (Lipinski definition) is 1. The van der Waals surface area contributed by atoms with E-state index in [9.17, 15) is 4.39 Å². The number of para-hydroxylation sites is 1. The lowest BCUT2D eigenvalue weighted by atomic mass is 10.2. The molecule has 0 aliphatic heterocycles. The Labute approximate surface area is 88.1 Å². The maximum atomic E-state index is 13.2. The third-order valence-corrected chi connectivity index (χ3v) is 2.16. The van der Waals surface area contributed by atoms with Gasteiger partial charge in [0.25, 0.3) is 0 Å². The number of rotatable bonds is 3. The van der Waals surface area contributed by atoms with E-state index in [0.29, 0.717) is 10.7 Å². The predicted molar refractivity (Wildman–Crippen MR) is 59.5 cm³/mol. The Morgan fingerprint density at radius 3 is 2.86 bits per heavy atom. The lowest BCUT2D eigenvalue weighted by Crippen LogP contribution is -2.08. The molecular weight excluding hydrogens is 201 g/mol. The predicted octanol–water partition coefficient (Wildman–Crippen LogP) is 2.98. The van der Waals surface area contributed by atoms with Crippen molar-refractivity contribution in [3.8, 4) is 5.75 Å². The fourth-order valence-electron chi connectivity index (χ4n) is 1.05. The fourth-order valence-corrected chi connectivity index (χ4v) is 1.16. The number of benzene rings is 1. The van der Waals surface area contributed by atoms with E-state index < -0.39 is 5.82 Å². The van der Waals surface area contributed by atoms with Gasteiger partial charge in [0.1, 0.15) is 0 Å². The highest BCUT2D eigenvalue weighted by Crippen LogP contribution is 2.27. The van der Waals surface area contributed by atoms with Gasteiger partial charge in [-0.3, -0.25) is 0 Å². The van der Waals surface area contributed by atoms with Gasteiger partial charge in [-0.05, 0) is 18.6 Å². The van der Waals surface area contributed by atoms with Crippen LogP contribution in [0.25, 0.3) is 0 Å². The molecule has 0 amide bonds. The van der Waals surface area contributed by atoms with Gasteiger partial charge in [0, 0.05) is 0 Å². The van der Waals surface area contributed by atoms with Crippen molar-refractivity contribution in [3.63, 3.8) is 0 Å². The molecule has 0 aromatic heterocycles. The lowest BCUT2D eigenvalue weighted by molar-refractivity contribution is 0.389. The van der Waals surface area contributed by atoms with E-state index in [-0.39, 0.29) is 5.75 Å². The van der Waals surface area contributed by atoms with Gasteiger partial charge in [-0.25, -0.2) is 4.39 Å². The molecular formula is C10H12FNOS. The first kappa shape index (κ1) is 10.9. The maximum Gasteiger partial charge on any atom is 0.177 e. The minimum atomic E-state index is -0.392. The SMILES string of the molecule is CCC(=S)Nc1cccc(F)c1OC. The van der Waals surface area contributed by atoms with Crippen LogP contribution in [-0.2, 0) is 0 Å². The third-order valence-electron chi connectivity index (χ3n) is 1.77. The molecule has 0 saturated carbocycles. The van der Waals surface area contributed by atoms with Crippen molar-refractivity contribution in [1.82, 2.24) is 0 Å². The summed E-state index contributed by atoms with van der Waals surface area (Å²) >= 11 is 5.00. The Hall–Kier alpha value is -1.16. The second kappa shape index (κ2) is 4.91. The van der Waals surface area contributed by atoms with Gasteiger partial charge in [0.05, 0.1) is 17.8 Å². The molecule has 0 aliphatic rings. The number of thiocarbonyl (C=S) groups is 1. The number of halogens is 1. The van der Waals surface area contributed by atoms with Gasteiger partial charge in [0.15, 0.2) is 11.6 Å². The van der Waals surface area contributed by atoms with Crippen LogP contribution in [0.4, 0.5) is 10.1 Å². The highest BCUT2D eigenvalue weighted by molar-refractivity contribution is 7.80. The van der Waals surface area contributed by atoms with E-state index in [1.165, 1.54) is 13.2 Å². The number of anilines is 1. The standard InChI is InChI=1S/C10H12FNOS/c1-3-9(14)12-8-6-4-5-7(11)10(8)13-2/h4-6H,3H2,1-2H3,(H,12,14). The highest BCUT2D eigenvalue weighted by atomic mass is 32.1. The van der Waals surface area contributed by atoms with Crippen LogP contribution in [-0.4, -0.2) is 12.1 Å². The molecule has 14 heavy (non-hydrogen) atoms. The molecule has 0 bridgehead atoms. The number of hydrogen-bond acceptors (Lipinski definition) is 2. The zero-order valence-electron chi connectivity index (χ0n) is 8.13. The van der Waals surface area contributed by atoms with Gasteiger partial charge in [-0.1, -0.05) is 25.2 Å². The summed E-state index contributed by atoms with van der Waals surface area (Å²) in [5.41, 5.74) is 0.569. The molecule has 0 unspecified atom stereocenters. The zero-order chi connectivity index (χ0) is 10.6. The van der Waals surface area contributed by atoms with Crippen LogP contribution in [0.3, 0.4) is 0 Å². The Bertz CT molecular complexity index is 341. The summed E-state index contributed by atoms with van der Waals surface area (Å²) in [6, 6.07) is 4.68. The first-order valence-electron chi connectivity index (χ1n) is 4.31. The van der Waals surface area contributed by atoms with E-state index in [1.807, 2.05) is 6.92 Å². The van der Waals surface area contributed by atoms with Crippen LogP contribution in [0, 0.1) is 5.82 Å². The molecule has 0 saturated heterocycles. The summed E-state index contributed by atoms with van der Waals surface area (Å²) in [6.45, 7) is 1.93. The van der Waals surface area contributed by atoms with Gasteiger partial charge >= 0.3 is 0 Å². The molecule has 0 atom stereocenters. The van der Waals surface area contributed by atoms with Crippen molar-refractivity contribution >= 4 is 22.9 Å². The van der Waals surface area contributed by atoms with E-state index in [0.717, 1.165) is 6.42 Å². The second-order valence-electron chi connectivity index (χ2n) is 2.72. The van der Waals surface area contributed by atoms with Gasteiger partial charge < -0.3 is 10.1 Å². The highest BCUT2D eigenvalue weighted by Gasteiger charge is 2.08. The largest absolute Gasteiger partial charge is 0.492 e. The number of nitrogens with one attached hydrogen (secondary N) is 1. The normalized spacial score (nSPS) is 9.64. The van der Waals surface area contributed by atoms with Crippen LogP contribution < -0.4 is 10.1 Å². The maximum absolute atomic E-state index is 13.2. The minimum absolute atomic E-state index is 0.198. The monoisotopic (exact) mass is 213 g/mol. The van der Waals surface area contributed by atoms with Crippen molar-refractivity contribution in [2.45, 2.75) is 13.3 Å². The molecule has 1 N–H and O–H groups in total. The van der Waals surface area contributed by atoms with Crippen LogP contribution in [0.15, 0.2) is 18.2 Å². The van der Waals surface area contributed by atoms with Crippen LogP contribution in [0.1, 0.15) is 13.3 Å². The third kappa shape index (κ3) is 2.42. The molecule has 0 radical (unpaired) electrons. The van der Waals surface area contributed by atoms with Gasteiger partial charge in [-0.15, -0.1) is 0 Å². The molecule has 1 aromatic rings. The zero-order valence-corrected chi connectivity index (χ0v) is 8.95. The average Bonchev–Trinajstić information content (AvgIpc) is 2.18. The van der Waals surface area contributed by atoms with Crippen molar-refractivity contribution in [2.24, 2.45) is 0 Å². The number of ether oxygens (including phenoxy) is 1. The summed E-state index contributed by atoms with van der Waals surface area (Å²) in [4.78, 5) is 0.661. The number of methoxy groups -OCH3 is 1. The van der Waals surface area contributed by atoms with Crippen molar-refractivity contribution in [1.29, 1.82) is 0 Å². The molecule has 1 rings (SSSR count). The summed E-state index contributed by atoms with van der Waals surface area (Å²) < 4.78 is 18.1. The molecule has 1 aromatic carbocycles. The van der Waals surface area contributed by atoms with Crippen molar-refractivity contribution in [3.05, 3.63) is 24.0 Å². The summed E-state index contributed by atoms with van der Waals surface area (Å²) in [6.07, 6.45) is 0.717. The Morgan fingerprint density at radius 2 is 2.29 bits per heavy atom. The summed E-state index contributed by atoms with van der Waals surface area (Å²) in [5, 5.41) is 2.92. The fraction of sp³-hybridized carbons (Fsp3) is 0.300. The topological polar surface area (TPSA) is 21.3 Å². The van der Waals surface area contributed by atoms with E-state index in [1.54, 1.807) is 12.1 Å². The Kier molecular flexibility index (Phi) is 3.83. The first-order chi connectivity index (χ1) is 6.69. The molecule has 0 aliphatic carbocycles. The van der Waals surface area contributed by atoms with Gasteiger partial charge in [0.2, 0.25) is 0 Å².